The van der Waals surface area contributed by atoms with Crippen LogP contribution in [-0.2, 0) is 6.42 Å². The van der Waals surface area contributed by atoms with Gasteiger partial charge in [0.15, 0.2) is 0 Å². The van der Waals surface area contributed by atoms with Gasteiger partial charge in [-0.1, -0.05) is 25.1 Å². The third-order valence-corrected chi connectivity index (χ3v) is 1.99. The first kappa shape index (κ1) is 10.4. The highest BCUT2D eigenvalue weighted by Gasteiger charge is 2.00. The van der Waals surface area contributed by atoms with E-state index < -0.39 is 0 Å². The van der Waals surface area contributed by atoms with Crippen molar-refractivity contribution in [1.82, 2.24) is 0 Å². The third-order valence-electron chi connectivity index (χ3n) is 1.80. The van der Waals surface area contributed by atoms with Gasteiger partial charge in [-0.3, -0.25) is 0 Å². The molecule has 0 aliphatic carbocycles. The monoisotopic (exact) mass is 198 g/mol. The Balaban J connectivity index is 2.66. The molecule has 0 saturated heterocycles. The summed E-state index contributed by atoms with van der Waals surface area (Å²) in [5.41, 5.74) is 1.20. The van der Waals surface area contributed by atoms with E-state index in [1.165, 1.54) is 5.56 Å². The molecule has 72 valence electrons. The highest BCUT2D eigenvalue weighted by molar-refractivity contribution is 6.18. The van der Waals surface area contributed by atoms with Crippen molar-refractivity contribution < 1.29 is 4.74 Å². The van der Waals surface area contributed by atoms with Gasteiger partial charge >= 0.3 is 0 Å². The molecule has 0 saturated carbocycles. The molecule has 1 rings (SSSR count). The van der Waals surface area contributed by atoms with Crippen LogP contribution in [0.2, 0.25) is 0 Å². The third kappa shape index (κ3) is 3.27. The van der Waals surface area contributed by atoms with Crippen molar-refractivity contribution in [1.29, 1.82) is 0 Å². The molecule has 0 unspecified atom stereocenters. The molecule has 0 atom stereocenters. The van der Waals surface area contributed by atoms with Crippen LogP contribution in [0.25, 0.3) is 0 Å². The first-order valence-corrected chi connectivity index (χ1v) is 5.18. The van der Waals surface area contributed by atoms with E-state index in [2.05, 4.69) is 13.0 Å². The summed E-state index contributed by atoms with van der Waals surface area (Å²) in [6.45, 7) is 2.88. The SMILES string of the molecule is CCCOc1ccccc1CCCl. The van der Waals surface area contributed by atoms with E-state index >= 15 is 0 Å². The van der Waals surface area contributed by atoms with E-state index in [-0.39, 0.29) is 0 Å². The average molecular weight is 199 g/mol. The molecule has 1 aromatic rings. The van der Waals surface area contributed by atoms with Gasteiger partial charge in [-0.05, 0) is 24.5 Å². The topological polar surface area (TPSA) is 9.23 Å². The van der Waals surface area contributed by atoms with Gasteiger partial charge in [-0.15, -0.1) is 11.6 Å². The number of aryl methyl sites for hydroxylation is 1. The summed E-state index contributed by atoms with van der Waals surface area (Å²) in [7, 11) is 0. The summed E-state index contributed by atoms with van der Waals surface area (Å²) < 4.78 is 5.58. The van der Waals surface area contributed by atoms with E-state index in [9.17, 15) is 0 Å². The first-order chi connectivity index (χ1) is 6.38. The normalized spacial score (nSPS) is 10.0. The van der Waals surface area contributed by atoms with Crippen LogP contribution < -0.4 is 4.74 Å². The van der Waals surface area contributed by atoms with Gasteiger partial charge in [0, 0.05) is 5.88 Å². The lowest BCUT2D eigenvalue weighted by Crippen LogP contribution is -1.99. The molecule has 0 aliphatic heterocycles. The first-order valence-electron chi connectivity index (χ1n) is 4.65. The maximum absolute atomic E-state index is 5.69. The minimum Gasteiger partial charge on any atom is -0.493 e. The lowest BCUT2D eigenvalue weighted by Gasteiger charge is -2.09. The number of hydrogen-bond donors (Lipinski definition) is 0. The lowest BCUT2D eigenvalue weighted by atomic mass is 10.1. The van der Waals surface area contributed by atoms with Crippen LogP contribution in [0, 0.1) is 0 Å². The Bertz CT molecular complexity index is 248. The second-order valence-electron chi connectivity index (χ2n) is 2.90. The van der Waals surface area contributed by atoms with Crippen LogP contribution in [0.3, 0.4) is 0 Å². The molecule has 0 aromatic heterocycles. The van der Waals surface area contributed by atoms with Crippen LogP contribution in [0.5, 0.6) is 5.75 Å². The fraction of sp³-hybridized carbons (Fsp3) is 0.455. The number of para-hydroxylation sites is 1. The van der Waals surface area contributed by atoms with E-state index in [0.29, 0.717) is 5.88 Å². The fourth-order valence-electron chi connectivity index (χ4n) is 1.16. The Morgan fingerprint density at radius 3 is 2.77 bits per heavy atom. The van der Waals surface area contributed by atoms with E-state index in [4.69, 9.17) is 16.3 Å². The lowest BCUT2D eigenvalue weighted by molar-refractivity contribution is 0.314. The number of benzene rings is 1. The Kier molecular flexibility index (Phi) is 4.69. The van der Waals surface area contributed by atoms with E-state index in [1.807, 2.05) is 18.2 Å². The molecule has 0 N–H and O–H groups in total. The second-order valence-corrected chi connectivity index (χ2v) is 3.27. The number of rotatable bonds is 5. The van der Waals surface area contributed by atoms with Crippen LogP contribution >= 0.6 is 11.6 Å². The van der Waals surface area contributed by atoms with Gasteiger partial charge in [-0.2, -0.15) is 0 Å². The summed E-state index contributed by atoms with van der Waals surface area (Å²) in [6, 6.07) is 8.06. The van der Waals surface area contributed by atoms with Crippen molar-refractivity contribution in [2.45, 2.75) is 19.8 Å². The maximum atomic E-state index is 5.69. The number of alkyl halides is 1. The van der Waals surface area contributed by atoms with E-state index in [0.717, 1.165) is 25.2 Å². The van der Waals surface area contributed by atoms with Gasteiger partial charge in [0.1, 0.15) is 5.75 Å². The van der Waals surface area contributed by atoms with Gasteiger partial charge in [-0.25, -0.2) is 0 Å². The van der Waals surface area contributed by atoms with Gasteiger partial charge < -0.3 is 4.74 Å². The van der Waals surface area contributed by atoms with Crippen LogP contribution in [0.4, 0.5) is 0 Å². The molecule has 0 aliphatic rings. The van der Waals surface area contributed by atoms with Crippen molar-refractivity contribution in [3.63, 3.8) is 0 Å². The smallest absolute Gasteiger partial charge is 0.122 e. The minimum atomic E-state index is 0.645. The zero-order valence-corrected chi connectivity index (χ0v) is 8.68. The van der Waals surface area contributed by atoms with E-state index in [1.54, 1.807) is 0 Å². The largest absolute Gasteiger partial charge is 0.493 e. The molecule has 2 heteroatoms. The minimum absolute atomic E-state index is 0.645. The van der Waals surface area contributed by atoms with Crippen LogP contribution in [0.1, 0.15) is 18.9 Å². The molecular formula is C11H15ClO. The van der Waals surface area contributed by atoms with Gasteiger partial charge in [0.25, 0.3) is 0 Å². The molecular weight excluding hydrogens is 184 g/mol. The molecule has 0 heterocycles. The standard InChI is InChI=1S/C11H15ClO/c1-2-9-13-11-6-4-3-5-10(11)7-8-12/h3-6H,2,7-9H2,1H3. The van der Waals surface area contributed by atoms with Crippen LogP contribution in [0.15, 0.2) is 24.3 Å². The molecule has 13 heavy (non-hydrogen) atoms. The molecule has 0 fully saturated rings. The number of halogens is 1. The Morgan fingerprint density at radius 2 is 2.08 bits per heavy atom. The molecule has 0 radical (unpaired) electrons. The molecule has 0 spiro atoms. The maximum Gasteiger partial charge on any atom is 0.122 e. The molecule has 0 bridgehead atoms. The van der Waals surface area contributed by atoms with Crippen molar-refractivity contribution >= 4 is 11.6 Å². The fourth-order valence-corrected chi connectivity index (χ4v) is 1.37. The summed E-state index contributed by atoms with van der Waals surface area (Å²) in [5, 5.41) is 0. The van der Waals surface area contributed by atoms with Crippen molar-refractivity contribution in [2.75, 3.05) is 12.5 Å². The van der Waals surface area contributed by atoms with Crippen molar-refractivity contribution in [3.05, 3.63) is 29.8 Å². The van der Waals surface area contributed by atoms with Gasteiger partial charge in [0.2, 0.25) is 0 Å². The predicted octanol–water partition coefficient (Wildman–Crippen LogP) is 3.26. The Hall–Kier alpha value is -0.690. The Labute approximate surface area is 84.7 Å². The second kappa shape index (κ2) is 5.87. The van der Waals surface area contributed by atoms with Crippen molar-refractivity contribution in [2.24, 2.45) is 0 Å². The number of hydrogen-bond acceptors (Lipinski definition) is 1. The quantitative estimate of drug-likeness (QED) is 0.660. The average Bonchev–Trinajstić information content (AvgIpc) is 2.17. The molecule has 1 aromatic carbocycles. The summed E-state index contributed by atoms with van der Waals surface area (Å²) >= 11 is 5.69. The highest BCUT2D eigenvalue weighted by Crippen LogP contribution is 2.18. The molecule has 0 amide bonds. The predicted molar refractivity (Wildman–Crippen MR) is 56.7 cm³/mol. The van der Waals surface area contributed by atoms with Gasteiger partial charge in [0.05, 0.1) is 6.61 Å². The summed E-state index contributed by atoms with van der Waals surface area (Å²) in [6.07, 6.45) is 1.91. The Morgan fingerprint density at radius 1 is 1.31 bits per heavy atom. The zero-order valence-electron chi connectivity index (χ0n) is 7.92. The van der Waals surface area contributed by atoms with Crippen LogP contribution in [-0.4, -0.2) is 12.5 Å². The highest BCUT2D eigenvalue weighted by atomic mass is 35.5. The van der Waals surface area contributed by atoms with Crippen molar-refractivity contribution in [3.8, 4) is 5.75 Å². The number of ether oxygens (including phenoxy) is 1. The zero-order chi connectivity index (χ0) is 9.52. The molecule has 1 nitrogen and oxygen atoms in total. The summed E-state index contributed by atoms with van der Waals surface area (Å²) in [4.78, 5) is 0. The summed E-state index contributed by atoms with van der Waals surface area (Å²) in [5.74, 6) is 1.62.